The van der Waals surface area contributed by atoms with Crippen LogP contribution in [0.25, 0.3) is 11.1 Å². The number of nitrogens with zero attached hydrogens (tertiary/aromatic N) is 1. The molecule has 0 aliphatic heterocycles. The minimum absolute atomic E-state index is 0.373. The Bertz CT molecular complexity index is 814. The van der Waals surface area contributed by atoms with Crippen molar-refractivity contribution in [1.82, 2.24) is 4.57 Å². The fourth-order valence-corrected chi connectivity index (χ4v) is 3.58. The summed E-state index contributed by atoms with van der Waals surface area (Å²) in [4.78, 5) is 23.8. The zero-order chi connectivity index (χ0) is 18.1. The lowest BCUT2D eigenvalue weighted by molar-refractivity contribution is 0.0600. The summed E-state index contributed by atoms with van der Waals surface area (Å²) in [7, 11) is 1.36. The van der Waals surface area contributed by atoms with E-state index in [0.717, 1.165) is 42.5 Å². The molecule has 25 heavy (non-hydrogen) atoms. The lowest BCUT2D eigenvalue weighted by Gasteiger charge is -2.12. The minimum atomic E-state index is -0.402. The van der Waals surface area contributed by atoms with Crippen LogP contribution < -0.4 is 5.73 Å². The predicted octanol–water partition coefficient (Wildman–Crippen LogP) is 3.64. The van der Waals surface area contributed by atoms with Gasteiger partial charge in [0.1, 0.15) is 0 Å². The molecule has 1 aromatic carbocycles. The number of benzene rings is 1. The second-order valence-corrected chi connectivity index (χ2v) is 6.57. The Morgan fingerprint density at radius 1 is 1.24 bits per heavy atom. The number of carbonyl (C=O) groups excluding carboxylic acids is 2. The first kappa shape index (κ1) is 17.3. The molecule has 1 aliphatic rings. The molecule has 2 N–H and O–H groups in total. The Kier molecular flexibility index (Phi) is 4.66. The second kappa shape index (κ2) is 6.75. The van der Waals surface area contributed by atoms with Crippen molar-refractivity contribution in [2.75, 3.05) is 7.11 Å². The number of amides is 1. The van der Waals surface area contributed by atoms with Gasteiger partial charge >= 0.3 is 5.97 Å². The first-order chi connectivity index (χ1) is 12.0. The molecule has 0 radical (unpaired) electrons. The Balaban J connectivity index is 2.18. The highest BCUT2D eigenvalue weighted by atomic mass is 16.5. The third-order valence-corrected chi connectivity index (χ3v) is 4.79. The molecule has 3 rings (SSSR count). The molecule has 1 aromatic heterocycles. The Morgan fingerprint density at radius 3 is 2.36 bits per heavy atom. The van der Waals surface area contributed by atoms with Crippen molar-refractivity contribution in [2.45, 2.75) is 45.6 Å². The maximum atomic E-state index is 12.2. The number of hydrogen-bond donors (Lipinski definition) is 1. The number of esters is 1. The molecule has 132 valence electrons. The van der Waals surface area contributed by atoms with E-state index in [0.29, 0.717) is 17.2 Å². The predicted molar refractivity (Wildman–Crippen MR) is 96.7 cm³/mol. The van der Waals surface area contributed by atoms with Crippen LogP contribution in [0.5, 0.6) is 0 Å². The molecule has 1 saturated carbocycles. The van der Waals surface area contributed by atoms with E-state index in [2.05, 4.69) is 11.5 Å². The van der Waals surface area contributed by atoms with Gasteiger partial charge in [0.15, 0.2) is 0 Å². The number of hydrogen-bond acceptors (Lipinski definition) is 3. The fraction of sp³-hybridized carbons (Fsp3) is 0.400. The maximum absolute atomic E-state index is 12.2. The summed E-state index contributed by atoms with van der Waals surface area (Å²) >= 11 is 0. The summed E-state index contributed by atoms with van der Waals surface area (Å²) in [6, 6.07) is 7.66. The van der Waals surface area contributed by atoms with E-state index < -0.39 is 5.91 Å². The van der Waals surface area contributed by atoms with Gasteiger partial charge in [-0.15, -0.1) is 0 Å². The Labute approximate surface area is 147 Å². The quantitative estimate of drug-likeness (QED) is 0.816. The smallest absolute Gasteiger partial charge is 0.337 e. The van der Waals surface area contributed by atoms with Gasteiger partial charge in [-0.25, -0.2) is 4.79 Å². The molecule has 0 bridgehead atoms. The van der Waals surface area contributed by atoms with E-state index >= 15 is 0 Å². The minimum Gasteiger partial charge on any atom is -0.465 e. The lowest BCUT2D eigenvalue weighted by Crippen LogP contribution is -2.13. The zero-order valence-electron chi connectivity index (χ0n) is 15.0. The van der Waals surface area contributed by atoms with E-state index in [1.54, 1.807) is 12.1 Å². The Hall–Kier alpha value is -2.56. The SMILES string of the molecule is CCCc1c(-c2ccc(C(=O)OC)cc2)c(C(N)=O)c(C)n1C1CC1. The average molecular weight is 340 g/mol. The molecule has 1 heterocycles. The second-order valence-electron chi connectivity index (χ2n) is 6.57. The summed E-state index contributed by atoms with van der Waals surface area (Å²) in [6.45, 7) is 4.11. The van der Waals surface area contributed by atoms with Crippen LogP contribution >= 0.6 is 0 Å². The summed E-state index contributed by atoms with van der Waals surface area (Å²) in [5, 5.41) is 0. The molecule has 0 atom stereocenters. The number of rotatable bonds is 6. The van der Waals surface area contributed by atoms with E-state index in [-0.39, 0.29) is 5.97 Å². The third kappa shape index (κ3) is 3.06. The number of nitrogens with two attached hydrogens (primary N) is 1. The highest BCUT2D eigenvalue weighted by Crippen LogP contribution is 2.43. The molecule has 2 aromatic rings. The molecule has 1 aliphatic carbocycles. The van der Waals surface area contributed by atoms with E-state index in [4.69, 9.17) is 10.5 Å². The van der Waals surface area contributed by atoms with Crippen molar-refractivity contribution in [3.8, 4) is 11.1 Å². The molecule has 0 unspecified atom stereocenters. The van der Waals surface area contributed by atoms with Crippen LogP contribution in [0, 0.1) is 6.92 Å². The van der Waals surface area contributed by atoms with Crippen molar-refractivity contribution in [2.24, 2.45) is 5.73 Å². The first-order valence-corrected chi connectivity index (χ1v) is 8.71. The van der Waals surface area contributed by atoms with Gasteiger partial charge in [-0.1, -0.05) is 25.5 Å². The number of aromatic nitrogens is 1. The topological polar surface area (TPSA) is 74.3 Å². The van der Waals surface area contributed by atoms with Crippen LogP contribution in [0.3, 0.4) is 0 Å². The normalized spacial score (nSPS) is 13.7. The number of ether oxygens (including phenoxy) is 1. The molecular weight excluding hydrogens is 316 g/mol. The molecule has 1 fully saturated rings. The van der Waals surface area contributed by atoms with Gasteiger partial charge < -0.3 is 15.0 Å². The van der Waals surface area contributed by atoms with Crippen molar-refractivity contribution >= 4 is 11.9 Å². The standard InChI is InChI=1S/C20H24N2O3/c1-4-5-16-18(13-6-8-14(9-7-13)20(24)25-3)17(19(21)23)12(2)22(16)15-10-11-15/h6-9,15H,4-5,10-11H2,1-3H3,(H2,21,23). The van der Waals surface area contributed by atoms with Crippen molar-refractivity contribution in [3.63, 3.8) is 0 Å². The summed E-state index contributed by atoms with van der Waals surface area (Å²) < 4.78 is 7.05. The fourth-order valence-electron chi connectivity index (χ4n) is 3.58. The van der Waals surface area contributed by atoms with Gasteiger partial charge in [0, 0.05) is 23.0 Å². The zero-order valence-corrected chi connectivity index (χ0v) is 15.0. The van der Waals surface area contributed by atoms with Crippen molar-refractivity contribution in [1.29, 1.82) is 0 Å². The van der Waals surface area contributed by atoms with Crippen LogP contribution in [-0.2, 0) is 11.2 Å². The average Bonchev–Trinajstić information content (AvgIpc) is 3.39. The number of methoxy groups -OCH3 is 1. The van der Waals surface area contributed by atoms with Crippen LogP contribution in [0.15, 0.2) is 24.3 Å². The summed E-state index contributed by atoms with van der Waals surface area (Å²) in [5.41, 5.74) is 10.8. The van der Waals surface area contributed by atoms with Gasteiger partial charge in [-0.2, -0.15) is 0 Å². The Morgan fingerprint density at radius 2 is 1.88 bits per heavy atom. The van der Waals surface area contributed by atoms with Crippen LogP contribution in [-0.4, -0.2) is 23.6 Å². The van der Waals surface area contributed by atoms with Gasteiger partial charge in [-0.3, -0.25) is 4.79 Å². The third-order valence-electron chi connectivity index (χ3n) is 4.79. The highest BCUT2D eigenvalue weighted by molar-refractivity contribution is 6.02. The number of primary amides is 1. The highest BCUT2D eigenvalue weighted by Gasteiger charge is 2.32. The molecule has 1 amide bonds. The molecular formula is C20H24N2O3. The van der Waals surface area contributed by atoms with Crippen molar-refractivity contribution in [3.05, 3.63) is 46.8 Å². The molecule has 5 nitrogen and oxygen atoms in total. The summed E-state index contributed by atoms with van der Waals surface area (Å²) in [6.07, 6.45) is 4.16. The van der Waals surface area contributed by atoms with Crippen LogP contribution in [0.4, 0.5) is 0 Å². The van der Waals surface area contributed by atoms with Gasteiger partial charge in [0.05, 0.1) is 18.2 Å². The lowest BCUT2D eigenvalue weighted by atomic mass is 9.97. The van der Waals surface area contributed by atoms with Crippen LogP contribution in [0.2, 0.25) is 0 Å². The van der Waals surface area contributed by atoms with Crippen LogP contribution in [0.1, 0.15) is 64.3 Å². The monoisotopic (exact) mass is 340 g/mol. The maximum Gasteiger partial charge on any atom is 0.337 e. The molecule has 0 spiro atoms. The van der Waals surface area contributed by atoms with Gasteiger partial charge in [0.25, 0.3) is 5.91 Å². The van der Waals surface area contributed by atoms with E-state index in [1.807, 2.05) is 19.1 Å². The largest absolute Gasteiger partial charge is 0.465 e. The van der Waals surface area contributed by atoms with Gasteiger partial charge in [0.2, 0.25) is 0 Å². The van der Waals surface area contributed by atoms with E-state index in [9.17, 15) is 9.59 Å². The molecule has 5 heteroatoms. The van der Waals surface area contributed by atoms with E-state index in [1.165, 1.54) is 12.8 Å². The first-order valence-electron chi connectivity index (χ1n) is 8.71. The van der Waals surface area contributed by atoms with Crippen molar-refractivity contribution < 1.29 is 14.3 Å². The molecule has 0 saturated heterocycles. The van der Waals surface area contributed by atoms with Gasteiger partial charge in [-0.05, 0) is 43.9 Å². The number of carbonyl (C=O) groups is 2. The summed E-state index contributed by atoms with van der Waals surface area (Å²) in [5.74, 6) is -0.775.